The van der Waals surface area contributed by atoms with E-state index in [4.69, 9.17) is 21.6 Å². The lowest BCUT2D eigenvalue weighted by atomic mass is 10.1. The number of benzene rings is 2. The molecule has 0 fully saturated rings. The third-order valence-electron chi connectivity index (χ3n) is 4.92. The number of aliphatic imine (C=N–C) groups is 2. The second-order valence-electron chi connectivity index (χ2n) is 6.84. The predicted octanol–water partition coefficient (Wildman–Crippen LogP) is 6.18. The van der Waals surface area contributed by atoms with Gasteiger partial charge in [-0.15, -0.1) is 24.8 Å². The summed E-state index contributed by atoms with van der Waals surface area (Å²) in [5, 5.41) is 5.18. The van der Waals surface area contributed by atoms with Gasteiger partial charge in [-0.3, -0.25) is 4.99 Å². The van der Waals surface area contributed by atoms with Crippen LogP contribution < -0.4 is 0 Å². The van der Waals surface area contributed by atoms with Crippen LogP contribution in [0.2, 0.25) is 5.02 Å². The minimum Gasteiger partial charge on any atom is -0.345 e. The first-order valence-corrected chi connectivity index (χ1v) is 11.5. The molecule has 0 atom stereocenters. The fourth-order valence-corrected chi connectivity index (χ4v) is 5.74. The Morgan fingerprint density at radius 1 is 1.10 bits per heavy atom. The van der Waals surface area contributed by atoms with Crippen LogP contribution in [0.15, 0.2) is 69.6 Å². The molecule has 0 saturated carbocycles. The molecule has 3 aliphatic heterocycles. The monoisotopic (exact) mass is 498 g/mol. The normalized spacial score (nSPS) is 16.6. The Morgan fingerprint density at radius 3 is 2.77 bits per heavy atom. The Balaban J connectivity index is 0.00000128. The van der Waals surface area contributed by atoms with Crippen LogP contribution in [0.25, 0.3) is 0 Å². The first kappa shape index (κ1) is 23.4. The number of thioether (sulfide) groups is 2. The molecular weight excluding hydrogens is 479 g/mol. The van der Waals surface area contributed by atoms with Gasteiger partial charge in [-0.2, -0.15) is 0 Å². The van der Waals surface area contributed by atoms with E-state index < -0.39 is 0 Å². The molecule has 3 aliphatic rings. The Bertz CT molecular complexity index is 995. The van der Waals surface area contributed by atoms with Crippen molar-refractivity contribution >= 4 is 76.0 Å². The highest BCUT2D eigenvalue weighted by atomic mass is 35.5. The van der Waals surface area contributed by atoms with Crippen molar-refractivity contribution < 1.29 is 0 Å². The van der Waals surface area contributed by atoms with Gasteiger partial charge < -0.3 is 9.80 Å². The molecule has 2 aromatic carbocycles. The van der Waals surface area contributed by atoms with Crippen molar-refractivity contribution in [2.24, 2.45) is 9.98 Å². The zero-order valence-corrected chi connectivity index (χ0v) is 20.1. The van der Waals surface area contributed by atoms with Gasteiger partial charge in [0.15, 0.2) is 10.3 Å². The molecule has 5 rings (SSSR count). The summed E-state index contributed by atoms with van der Waals surface area (Å²) in [5.74, 6) is 0.895. The molecule has 4 nitrogen and oxygen atoms in total. The summed E-state index contributed by atoms with van der Waals surface area (Å²) >= 11 is 9.70. The average molecular weight is 500 g/mol. The fraction of sp³-hybridized carbons (Fsp3) is 0.238. The molecule has 0 spiro atoms. The minimum absolute atomic E-state index is 0. The van der Waals surface area contributed by atoms with Crippen LogP contribution in [0.4, 0.5) is 5.69 Å². The maximum absolute atomic E-state index is 6.17. The smallest absolute Gasteiger partial charge is 0.173 e. The van der Waals surface area contributed by atoms with E-state index in [9.17, 15) is 0 Å². The molecule has 0 aromatic heterocycles. The summed E-state index contributed by atoms with van der Waals surface area (Å²) in [4.78, 5) is 14.2. The Kier molecular flexibility index (Phi) is 8.04. The molecule has 0 unspecified atom stereocenters. The van der Waals surface area contributed by atoms with E-state index >= 15 is 0 Å². The van der Waals surface area contributed by atoms with Gasteiger partial charge in [0.25, 0.3) is 0 Å². The van der Waals surface area contributed by atoms with Crippen molar-refractivity contribution in [3.05, 3.63) is 75.8 Å². The van der Waals surface area contributed by atoms with Crippen LogP contribution in [0, 0.1) is 0 Å². The third kappa shape index (κ3) is 4.94. The summed E-state index contributed by atoms with van der Waals surface area (Å²) in [6.07, 6.45) is 0. The first-order chi connectivity index (χ1) is 13.8. The lowest BCUT2D eigenvalue weighted by Crippen LogP contribution is -2.29. The van der Waals surface area contributed by atoms with Crippen LogP contribution in [-0.2, 0) is 13.1 Å². The molecule has 158 valence electrons. The van der Waals surface area contributed by atoms with Crippen molar-refractivity contribution in [3.63, 3.8) is 0 Å². The standard InChI is InChI=1S/C21H19ClN4S2.2ClH/c22-17-6-7-19-16(10-17)12-26-18(14-28-21(26)24-19)13-27-20-23-8-9-25(20)11-15-4-2-1-3-5-15;;/h1-7,10,14H,8-9,11-13H2;2*1H. The third-order valence-corrected chi connectivity index (χ3v) is 7.15. The number of hydrogen-bond donors (Lipinski definition) is 0. The van der Waals surface area contributed by atoms with Crippen LogP contribution in [0.5, 0.6) is 0 Å². The van der Waals surface area contributed by atoms with Crippen molar-refractivity contribution in [1.82, 2.24) is 9.80 Å². The van der Waals surface area contributed by atoms with E-state index in [1.54, 1.807) is 11.8 Å². The van der Waals surface area contributed by atoms with E-state index in [1.165, 1.54) is 16.8 Å². The highest BCUT2D eigenvalue weighted by molar-refractivity contribution is 8.17. The lowest BCUT2D eigenvalue weighted by Gasteiger charge is -2.27. The quantitative estimate of drug-likeness (QED) is 0.502. The van der Waals surface area contributed by atoms with Crippen LogP contribution in [-0.4, -0.2) is 39.0 Å². The largest absolute Gasteiger partial charge is 0.345 e. The molecule has 3 heterocycles. The van der Waals surface area contributed by atoms with Gasteiger partial charge in [-0.05, 0) is 34.7 Å². The van der Waals surface area contributed by atoms with Gasteiger partial charge in [0, 0.05) is 29.6 Å². The van der Waals surface area contributed by atoms with Crippen molar-refractivity contribution in [3.8, 4) is 0 Å². The molecule has 2 aromatic rings. The number of rotatable bonds is 4. The van der Waals surface area contributed by atoms with E-state index in [0.717, 1.165) is 53.0 Å². The van der Waals surface area contributed by atoms with E-state index in [0.29, 0.717) is 0 Å². The number of amidine groups is 2. The topological polar surface area (TPSA) is 31.2 Å². The van der Waals surface area contributed by atoms with Gasteiger partial charge in [0.2, 0.25) is 0 Å². The fourth-order valence-electron chi connectivity index (χ4n) is 3.49. The van der Waals surface area contributed by atoms with Gasteiger partial charge in [0.05, 0.1) is 18.8 Å². The SMILES string of the molecule is Cl.Cl.Clc1ccc2c(c1)CN1C(CSC3=NCCN3Cc3ccccc3)=CSC1=N2. The van der Waals surface area contributed by atoms with Crippen LogP contribution in [0.3, 0.4) is 0 Å². The summed E-state index contributed by atoms with van der Waals surface area (Å²) in [5.41, 5.74) is 4.82. The number of hydrogen-bond acceptors (Lipinski definition) is 6. The van der Waals surface area contributed by atoms with E-state index in [1.807, 2.05) is 30.0 Å². The Hall–Kier alpha value is -1.31. The number of nitrogens with zero attached hydrogens (tertiary/aromatic N) is 4. The number of fused-ring (bicyclic) bond motifs is 2. The molecule has 30 heavy (non-hydrogen) atoms. The van der Waals surface area contributed by atoms with Crippen molar-refractivity contribution in [2.45, 2.75) is 13.1 Å². The maximum Gasteiger partial charge on any atom is 0.173 e. The molecule has 0 bridgehead atoms. The molecule has 0 radical (unpaired) electrons. The maximum atomic E-state index is 6.17. The lowest BCUT2D eigenvalue weighted by molar-refractivity contribution is 0.459. The molecule has 0 saturated heterocycles. The summed E-state index contributed by atoms with van der Waals surface area (Å²) in [6, 6.07) is 16.5. The predicted molar refractivity (Wildman–Crippen MR) is 136 cm³/mol. The highest BCUT2D eigenvalue weighted by Crippen LogP contribution is 2.38. The van der Waals surface area contributed by atoms with Crippen LogP contribution >= 0.6 is 59.9 Å². The average Bonchev–Trinajstić information content (AvgIpc) is 3.32. The summed E-state index contributed by atoms with van der Waals surface area (Å²) < 4.78 is 0. The van der Waals surface area contributed by atoms with Gasteiger partial charge >= 0.3 is 0 Å². The van der Waals surface area contributed by atoms with Gasteiger partial charge in [-0.1, -0.05) is 65.5 Å². The second kappa shape index (κ2) is 10.3. The Morgan fingerprint density at radius 2 is 1.93 bits per heavy atom. The molecule has 9 heteroatoms. The molecule has 0 N–H and O–H groups in total. The molecular formula is C21H21Cl3N4S2. The first-order valence-electron chi connectivity index (χ1n) is 9.23. The van der Waals surface area contributed by atoms with E-state index in [2.05, 4.69) is 45.5 Å². The van der Waals surface area contributed by atoms with Gasteiger partial charge in [-0.25, -0.2) is 4.99 Å². The van der Waals surface area contributed by atoms with E-state index in [-0.39, 0.29) is 24.8 Å². The molecule has 0 aliphatic carbocycles. The van der Waals surface area contributed by atoms with Crippen molar-refractivity contribution in [2.75, 3.05) is 18.8 Å². The number of halogens is 3. The Labute approximate surface area is 202 Å². The summed E-state index contributed by atoms with van der Waals surface area (Å²) in [6.45, 7) is 3.62. The second-order valence-corrected chi connectivity index (χ2v) is 9.06. The molecule has 0 amide bonds. The van der Waals surface area contributed by atoms with Crippen LogP contribution in [0.1, 0.15) is 11.1 Å². The minimum atomic E-state index is 0. The zero-order chi connectivity index (χ0) is 18.9. The van der Waals surface area contributed by atoms with Gasteiger partial charge in [0.1, 0.15) is 0 Å². The van der Waals surface area contributed by atoms with Crippen molar-refractivity contribution in [1.29, 1.82) is 0 Å². The zero-order valence-electron chi connectivity index (χ0n) is 16.0. The summed E-state index contributed by atoms with van der Waals surface area (Å²) in [7, 11) is 0. The highest BCUT2D eigenvalue weighted by Gasteiger charge is 2.28.